The Balaban J connectivity index is 1.41. The third-order valence-electron chi connectivity index (χ3n) is 5.33. The summed E-state index contributed by atoms with van der Waals surface area (Å²) < 4.78 is 15.9. The van der Waals surface area contributed by atoms with Gasteiger partial charge in [-0.2, -0.15) is 0 Å². The summed E-state index contributed by atoms with van der Waals surface area (Å²) in [5, 5.41) is 2.82. The molecule has 0 spiro atoms. The molecule has 1 amide bonds. The molecule has 4 aromatic rings. The first kappa shape index (κ1) is 19.8. The third kappa shape index (κ3) is 4.10. The van der Waals surface area contributed by atoms with Gasteiger partial charge in [0.2, 0.25) is 0 Å². The number of halogens is 1. The summed E-state index contributed by atoms with van der Waals surface area (Å²) in [6, 6.07) is 20.5. The molecule has 152 valence electrons. The van der Waals surface area contributed by atoms with E-state index in [2.05, 4.69) is 22.9 Å². The van der Waals surface area contributed by atoms with Gasteiger partial charge in [0, 0.05) is 24.2 Å². The Morgan fingerprint density at radius 3 is 2.53 bits per heavy atom. The number of carbonyl (C=O) groups is 1. The van der Waals surface area contributed by atoms with Crippen molar-refractivity contribution in [3.63, 3.8) is 0 Å². The van der Waals surface area contributed by atoms with Gasteiger partial charge in [-0.25, -0.2) is 9.37 Å². The van der Waals surface area contributed by atoms with Crippen molar-refractivity contribution >= 4 is 22.6 Å². The maximum atomic E-state index is 13.7. The maximum absolute atomic E-state index is 13.7. The fraction of sp³-hybridized carbons (Fsp3) is 0.200. The van der Waals surface area contributed by atoms with E-state index in [1.807, 2.05) is 42.5 Å². The molecule has 0 saturated carbocycles. The van der Waals surface area contributed by atoms with Crippen molar-refractivity contribution in [2.75, 3.05) is 5.32 Å². The molecular weight excluding hydrogens is 377 g/mol. The van der Waals surface area contributed by atoms with E-state index < -0.39 is 0 Å². The monoisotopic (exact) mass is 401 g/mol. The maximum Gasteiger partial charge on any atom is 0.255 e. The Bertz CT molecular complexity index is 1190. The minimum Gasteiger partial charge on any atom is -0.328 e. The Labute approximate surface area is 175 Å². The second kappa shape index (κ2) is 8.49. The highest BCUT2D eigenvalue weighted by atomic mass is 19.1. The highest BCUT2D eigenvalue weighted by Crippen LogP contribution is 2.19. The minimum absolute atomic E-state index is 0.306. The number of hydrogen-bond donors (Lipinski definition) is 1. The van der Waals surface area contributed by atoms with Crippen LogP contribution in [0.25, 0.3) is 11.0 Å². The van der Waals surface area contributed by atoms with Crippen LogP contribution in [0.3, 0.4) is 0 Å². The fourth-order valence-corrected chi connectivity index (χ4v) is 3.62. The Hall–Kier alpha value is -3.47. The summed E-state index contributed by atoms with van der Waals surface area (Å²) in [5.41, 5.74) is 4.88. The number of imidazole rings is 1. The average molecular weight is 401 g/mol. The van der Waals surface area contributed by atoms with Gasteiger partial charge < -0.3 is 9.88 Å². The Morgan fingerprint density at radius 2 is 1.80 bits per heavy atom. The Morgan fingerprint density at radius 1 is 1.03 bits per heavy atom. The number of nitrogens with one attached hydrogen (secondary N) is 1. The number of rotatable bonds is 6. The first-order chi connectivity index (χ1) is 14.5. The first-order valence-electron chi connectivity index (χ1n) is 10.2. The molecule has 0 radical (unpaired) electrons. The molecule has 0 aliphatic carbocycles. The molecule has 3 aromatic carbocycles. The lowest BCUT2D eigenvalue weighted by Gasteiger charge is -2.08. The second-order valence-corrected chi connectivity index (χ2v) is 7.38. The molecule has 4 nitrogen and oxygen atoms in total. The molecule has 0 saturated heterocycles. The van der Waals surface area contributed by atoms with E-state index in [-0.39, 0.29) is 11.7 Å². The van der Waals surface area contributed by atoms with Crippen LogP contribution in [0, 0.1) is 12.7 Å². The van der Waals surface area contributed by atoms with Gasteiger partial charge >= 0.3 is 0 Å². The molecule has 30 heavy (non-hydrogen) atoms. The zero-order valence-electron chi connectivity index (χ0n) is 17.2. The van der Waals surface area contributed by atoms with E-state index in [9.17, 15) is 9.18 Å². The molecule has 0 fully saturated rings. The van der Waals surface area contributed by atoms with Gasteiger partial charge in [-0.3, -0.25) is 4.79 Å². The summed E-state index contributed by atoms with van der Waals surface area (Å²) in [4.78, 5) is 17.1. The lowest BCUT2D eigenvalue weighted by molar-refractivity contribution is 0.102. The smallest absolute Gasteiger partial charge is 0.255 e. The van der Waals surface area contributed by atoms with E-state index >= 15 is 0 Å². The lowest BCUT2D eigenvalue weighted by atomic mass is 10.1. The molecule has 0 unspecified atom stereocenters. The topological polar surface area (TPSA) is 46.9 Å². The van der Waals surface area contributed by atoms with Crippen LogP contribution >= 0.6 is 0 Å². The van der Waals surface area contributed by atoms with Crippen LogP contribution in [-0.2, 0) is 19.4 Å². The van der Waals surface area contributed by atoms with Crippen LogP contribution in [0.15, 0.2) is 66.7 Å². The summed E-state index contributed by atoms with van der Waals surface area (Å²) in [6.45, 7) is 4.70. The van der Waals surface area contributed by atoms with Crippen molar-refractivity contribution in [2.24, 2.45) is 0 Å². The van der Waals surface area contributed by atoms with Gasteiger partial charge in [0.25, 0.3) is 5.91 Å². The SMILES string of the molecule is CCn1c(CCc2ccc(NC(=O)c3ccc(C)c(F)c3)cc2)nc2ccccc21. The third-order valence-corrected chi connectivity index (χ3v) is 5.33. The van der Waals surface area contributed by atoms with Gasteiger partial charge in [0.1, 0.15) is 11.6 Å². The summed E-state index contributed by atoms with van der Waals surface area (Å²) >= 11 is 0. The lowest BCUT2D eigenvalue weighted by Crippen LogP contribution is -2.12. The summed E-state index contributed by atoms with van der Waals surface area (Å²) in [6.07, 6.45) is 1.71. The van der Waals surface area contributed by atoms with Crippen LogP contribution in [0.5, 0.6) is 0 Å². The van der Waals surface area contributed by atoms with E-state index in [0.717, 1.165) is 30.7 Å². The van der Waals surface area contributed by atoms with Crippen molar-refractivity contribution in [1.82, 2.24) is 9.55 Å². The molecule has 0 atom stereocenters. The van der Waals surface area contributed by atoms with Crippen LogP contribution in [0.4, 0.5) is 10.1 Å². The van der Waals surface area contributed by atoms with Gasteiger partial charge in [0.05, 0.1) is 11.0 Å². The van der Waals surface area contributed by atoms with Crippen molar-refractivity contribution in [2.45, 2.75) is 33.2 Å². The fourth-order valence-electron chi connectivity index (χ4n) is 3.62. The number of aryl methyl sites for hydroxylation is 4. The van der Waals surface area contributed by atoms with Gasteiger partial charge in [-0.05, 0) is 67.8 Å². The van der Waals surface area contributed by atoms with E-state index in [0.29, 0.717) is 16.8 Å². The van der Waals surface area contributed by atoms with E-state index in [4.69, 9.17) is 4.98 Å². The van der Waals surface area contributed by atoms with Crippen molar-refractivity contribution in [3.05, 3.63) is 95.1 Å². The van der Waals surface area contributed by atoms with Gasteiger partial charge in [-0.15, -0.1) is 0 Å². The van der Waals surface area contributed by atoms with Crippen LogP contribution in [0.1, 0.15) is 34.2 Å². The van der Waals surface area contributed by atoms with Crippen LogP contribution in [-0.4, -0.2) is 15.5 Å². The van der Waals surface area contributed by atoms with Crippen LogP contribution < -0.4 is 5.32 Å². The van der Waals surface area contributed by atoms with Crippen molar-refractivity contribution in [3.8, 4) is 0 Å². The number of nitrogens with zero attached hydrogens (tertiary/aromatic N) is 2. The second-order valence-electron chi connectivity index (χ2n) is 7.38. The van der Waals surface area contributed by atoms with Gasteiger partial charge in [-0.1, -0.05) is 30.3 Å². The molecule has 0 aliphatic rings. The molecule has 1 heterocycles. The highest BCUT2D eigenvalue weighted by molar-refractivity contribution is 6.04. The molecule has 4 rings (SSSR count). The Kier molecular flexibility index (Phi) is 5.61. The number of amides is 1. The molecule has 0 aliphatic heterocycles. The molecule has 0 bridgehead atoms. The van der Waals surface area contributed by atoms with E-state index in [1.165, 1.54) is 17.1 Å². The standard InChI is InChI=1S/C25H24FN3O/c1-3-29-23-7-5-4-6-22(23)28-24(29)15-11-18-9-13-20(14-10-18)27-25(30)19-12-8-17(2)21(26)16-19/h4-10,12-14,16H,3,11,15H2,1-2H3,(H,27,30). The number of hydrogen-bond acceptors (Lipinski definition) is 2. The number of benzene rings is 3. The summed E-state index contributed by atoms with van der Waals surface area (Å²) in [5.74, 6) is 0.381. The average Bonchev–Trinajstić information content (AvgIpc) is 3.12. The number of para-hydroxylation sites is 2. The zero-order valence-corrected chi connectivity index (χ0v) is 17.2. The van der Waals surface area contributed by atoms with Crippen LogP contribution in [0.2, 0.25) is 0 Å². The van der Waals surface area contributed by atoms with Crippen molar-refractivity contribution in [1.29, 1.82) is 0 Å². The molecule has 5 heteroatoms. The minimum atomic E-state index is -0.379. The predicted molar refractivity (Wildman–Crippen MR) is 118 cm³/mol. The van der Waals surface area contributed by atoms with Crippen molar-refractivity contribution < 1.29 is 9.18 Å². The number of anilines is 1. The summed E-state index contributed by atoms with van der Waals surface area (Å²) in [7, 11) is 0. The normalized spacial score (nSPS) is 11.0. The van der Waals surface area contributed by atoms with Gasteiger partial charge in [0.15, 0.2) is 0 Å². The molecule has 1 N–H and O–H groups in total. The zero-order chi connectivity index (χ0) is 21.1. The van der Waals surface area contributed by atoms with E-state index in [1.54, 1.807) is 19.1 Å². The quantitative estimate of drug-likeness (QED) is 0.461. The predicted octanol–water partition coefficient (Wildman–Crippen LogP) is 5.54. The number of carbonyl (C=O) groups excluding carboxylic acids is 1. The largest absolute Gasteiger partial charge is 0.328 e. The molecular formula is C25H24FN3O. The number of fused-ring (bicyclic) bond motifs is 1. The first-order valence-corrected chi connectivity index (χ1v) is 10.2. The number of aromatic nitrogens is 2. The highest BCUT2D eigenvalue weighted by Gasteiger charge is 2.10. The molecule has 1 aromatic heterocycles.